The number of carbonyl (C=O) groups is 1. The molecule has 1 amide bonds. The second-order valence-corrected chi connectivity index (χ2v) is 8.20. The Morgan fingerprint density at radius 1 is 1.35 bits per heavy atom. The highest BCUT2D eigenvalue weighted by Crippen LogP contribution is 2.21. The number of aromatic nitrogens is 1. The van der Waals surface area contributed by atoms with Gasteiger partial charge in [-0.2, -0.15) is 0 Å². The number of hydrogen-bond acceptors (Lipinski definition) is 5. The van der Waals surface area contributed by atoms with Crippen molar-refractivity contribution in [2.75, 3.05) is 26.5 Å². The van der Waals surface area contributed by atoms with Crippen LogP contribution >= 0.6 is 35.3 Å². The lowest BCUT2D eigenvalue weighted by Gasteiger charge is -2.21. The van der Waals surface area contributed by atoms with Crippen LogP contribution in [-0.2, 0) is 22.6 Å². The number of amides is 1. The lowest BCUT2D eigenvalue weighted by Crippen LogP contribution is -2.38. The van der Waals surface area contributed by atoms with Gasteiger partial charge in [-0.3, -0.25) is 9.79 Å². The van der Waals surface area contributed by atoms with Gasteiger partial charge in [-0.25, -0.2) is 4.98 Å². The normalized spacial score (nSPS) is 13.2. The van der Waals surface area contributed by atoms with Crippen LogP contribution in [-0.4, -0.2) is 43.0 Å². The van der Waals surface area contributed by atoms with Crippen LogP contribution in [0.4, 0.5) is 5.69 Å². The van der Waals surface area contributed by atoms with Crippen molar-refractivity contribution >= 4 is 52.9 Å². The number of anilines is 1. The van der Waals surface area contributed by atoms with Crippen LogP contribution in [0.3, 0.4) is 0 Å². The fourth-order valence-electron chi connectivity index (χ4n) is 2.78. The molecule has 2 atom stereocenters. The summed E-state index contributed by atoms with van der Waals surface area (Å²) in [5.41, 5.74) is 2.86. The summed E-state index contributed by atoms with van der Waals surface area (Å²) in [7, 11) is 5.44. The van der Waals surface area contributed by atoms with Gasteiger partial charge in [0, 0.05) is 44.7 Å². The largest absolute Gasteiger partial charge is 0.375 e. The molecule has 1 heterocycles. The molecule has 0 spiro atoms. The van der Waals surface area contributed by atoms with Crippen molar-refractivity contribution < 1.29 is 9.53 Å². The van der Waals surface area contributed by atoms with Crippen LogP contribution < -0.4 is 10.6 Å². The minimum Gasteiger partial charge on any atom is -0.375 e. The van der Waals surface area contributed by atoms with Crippen molar-refractivity contribution in [2.24, 2.45) is 10.9 Å². The number of rotatable bonds is 9. The number of nitrogens with one attached hydrogen (secondary N) is 2. The predicted octanol–water partition coefficient (Wildman–Crippen LogP) is 4.66. The minimum absolute atomic E-state index is 0. The first-order valence-electron chi connectivity index (χ1n) is 10.2. The Balaban J connectivity index is 0.00000480. The summed E-state index contributed by atoms with van der Waals surface area (Å²) in [6, 6.07) is 7.87. The van der Waals surface area contributed by atoms with Crippen LogP contribution in [0.25, 0.3) is 0 Å². The maximum absolute atomic E-state index is 12.1. The Bertz CT molecular complexity index is 858. The van der Waals surface area contributed by atoms with E-state index in [2.05, 4.69) is 26.0 Å². The highest BCUT2D eigenvalue weighted by atomic mass is 127. The number of hydrogen-bond donors (Lipinski definition) is 2. The molecule has 2 aromatic rings. The molecule has 0 aliphatic rings. The van der Waals surface area contributed by atoms with Gasteiger partial charge in [0.1, 0.15) is 11.1 Å². The molecule has 0 saturated carbocycles. The molecule has 1 aromatic heterocycles. The Hall–Kier alpha value is -1.72. The molecule has 1 aromatic carbocycles. The van der Waals surface area contributed by atoms with E-state index in [1.165, 1.54) is 0 Å². The van der Waals surface area contributed by atoms with Crippen molar-refractivity contribution in [1.82, 2.24) is 15.2 Å². The molecule has 172 valence electrons. The maximum atomic E-state index is 12.1. The topological polar surface area (TPSA) is 78.9 Å². The summed E-state index contributed by atoms with van der Waals surface area (Å²) in [5.74, 6) is 0.819. The van der Waals surface area contributed by atoms with E-state index in [1.54, 1.807) is 25.5 Å². The van der Waals surface area contributed by atoms with Gasteiger partial charge in [0.05, 0.1) is 12.2 Å². The zero-order chi connectivity index (χ0) is 22.1. The first-order valence-corrected chi connectivity index (χ1v) is 11.0. The van der Waals surface area contributed by atoms with Gasteiger partial charge in [0.15, 0.2) is 5.96 Å². The predicted molar refractivity (Wildman–Crippen MR) is 139 cm³/mol. The highest BCUT2D eigenvalue weighted by Gasteiger charge is 2.13. The summed E-state index contributed by atoms with van der Waals surface area (Å²) in [6.45, 7) is 7.19. The van der Waals surface area contributed by atoms with Gasteiger partial charge >= 0.3 is 0 Å². The van der Waals surface area contributed by atoms with E-state index in [4.69, 9.17) is 4.74 Å². The van der Waals surface area contributed by atoms with Crippen LogP contribution in [0.2, 0.25) is 0 Å². The van der Waals surface area contributed by atoms with Gasteiger partial charge in [-0.05, 0) is 31.0 Å². The summed E-state index contributed by atoms with van der Waals surface area (Å²) in [6.07, 6.45) is 0.820. The average Bonchev–Trinajstić information content (AvgIpc) is 3.21. The molecule has 2 unspecified atom stereocenters. The summed E-state index contributed by atoms with van der Waals surface area (Å²) >= 11 is 1.61. The molecular weight excluding hydrogens is 525 g/mol. The monoisotopic (exact) mass is 559 g/mol. The smallest absolute Gasteiger partial charge is 0.227 e. The summed E-state index contributed by atoms with van der Waals surface area (Å²) in [4.78, 5) is 23.2. The van der Waals surface area contributed by atoms with Crippen LogP contribution in [0.15, 0.2) is 34.6 Å². The molecule has 0 aliphatic heterocycles. The quantitative estimate of drug-likeness (QED) is 0.266. The first kappa shape index (κ1) is 27.3. The zero-order valence-electron chi connectivity index (χ0n) is 19.1. The first-order chi connectivity index (χ1) is 14.4. The van der Waals surface area contributed by atoms with Crippen LogP contribution in [0.1, 0.15) is 49.6 Å². The molecular formula is C22H34IN5O2S. The third-order valence-electron chi connectivity index (χ3n) is 4.95. The molecule has 2 N–H and O–H groups in total. The van der Waals surface area contributed by atoms with E-state index >= 15 is 0 Å². The Morgan fingerprint density at radius 2 is 2.10 bits per heavy atom. The van der Waals surface area contributed by atoms with Crippen molar-refractivity contribution in [2.45, 2.75) is 46.4 Å². The van der Waals surface area contributed by atoms with Gasteiger partial charge in [0.2, 0.25) is 5.91 Å². The number of methoxy groups -OCH3 is 1. The molecule has 31 heavy (non-hydrogen) atoms. The van der Waals surface area contributed by atoms with E-state index in [0.29, 0.717) is 13.1 Å². The van der Waals surface area contributed by atoms with E-state index < -0.39 is 0 Å². The van der Waals surface area contributed by atoms with Crippen LogP contribution in [0, 0.1) is 5.92 Å². The molecule has 0 radical (unpaired) electrons. The van der Waals surface area contributed by atoms with Crippen LogP contribution in [0.5, 0.6) is 0 Å². The Labute approximate surface area is 206 Å². The molecule has 0 aliphatic carbocycles. The average molecular weight is 560 g/mol. The fourth-order valence-corrected chi connectivity index (χ4v) is 3.62. The van der Waals surface area contributed by atoms with Gasteiger partial charge in [0.25, 0.3) is 0 Å². The molecule has 2 rings (SSSR count). The lowest BCUT2D eigenvalue weighted by molar-refractivity contribution is -0.119. The number of guanidine groups is 1. The van der Waals surface area contributed by atoms with E-state index in [0.717, 1.165) is 34.3 Å². The summed E-state index contributed by atoms with van der Waals surface area (Å²) in [5, 5.41) is 9.38. The zero-order valence-corrected chi connectivity index (χ0v) is 22.3. The third kappa shape index (κ3) is 8.38. The fraction of sp³-hybridized carbons (Fsp3) is 0.500. The maximum Gasteiger partial charge on any atom is 0.227 e. The number of thiazole rings is 1. The van der Waals surface area contributed by atoms with Crippen molar-refractivity contribution in [3.05, 3.63) is 45.9 Å². The molecule has 0 saturated heterocycles. The number of halogens is 1. The Kier molecular flexibility index (Phi) is 12.0. The Morgan fingerprint density at radius 3 is 2.74 bits per heavy atom. The number of benzene rings is 1. The second-order valence-electron chi connectivity index (χ2n) is 7.31. The minimum atomic E-state index is -0.00244. The van der Waals surface area contributed by atoms with Crippen molar-refractivity contribution in [1.29, 1.82) is 0 Å². The number of ether oxygens (including phenoxy) is 1. The number of nitrogens with zero attached hydrogens (tertiary/aromatic N) is 3. The standard InChI is InChI=1S/C22H33N5O2S.HI/c1-7-15(2)20(28)25-18-10-8-9-17(11-18)12-24-22(23-4)27(5)13-19-14-30-21(26-19)16(3)29-6;/h8-11,14-16H,7,12-13H2,1-6H3,(H,23,24)(H,25,28);1H. The lowest BCUT2D eigenvalue weighted by atomic mass is 10.1. The number of carbonyl (C=O) groups excluding carboxylic acids is 1. The second kappa shape index (κ2) is 13.6. The highest BCUT2D eigenvalue weighted by molar-refractivity contribution is 14.0. The van der Waals surface area contributed by atoms with E-state index in [-0.39, 0.29) is 41.9 Å². The van der Waals surface area contributed by atoms with E-state index in [9.17, 15) is 4.79 Å². The van der Waals surface area contributed by atoms with Gasteiger partial charge < -0.3 is 20.3 Å². The number of aliphatic imine (C=N–C) groups is 1. The molecule has 9 heteroatoms. The van der Waals surface area contributed by atoms with Crippen molar-refractivity contribution in [3.8, 4) is 0 Å². The summed E-state index contributed by atoms with van der Waals surface area (Å²) < 4.78 is 5.34. The molecule has 0 fully saturated rings. The van der Waals surface area contributed by atoms with Crippen molar-refractivity contribution in [3.63, 3.8) is 0 Å². The van der Waals surface area contributed by atoms with Gasteiger partial charge in [-0.15, -0.1) is 35.3 Å². The third-order valence-corrected chi connectivity index (χ3v) is 6.00. The van der Waals surface area contributed by atoms with E-state index in [1.807, 2.05) is 57.0 Å². The van der Waals surface area contributed by atoms with Gasteiger partial charge in [-0.1, -0.05) is 26.0 Å². The molecule has 7 nitrogen and oxygen atoms in total. The SMILES string of the molecule is CCC(C)C(=O)Nc1cccc(CNC(=NC)N(C)Cc2csc(C(C)OC)n2)c1.I. The molecule has 0 bridgehead atoms.